The van der Waals surface area contributed by atoms with Crippen molar-refractivity contribution in [3.8, 4) is 0 Å². The van der Waals surface area contributed by atoms with Gasteiger partial charge in [-0.3, -0.25) is 4.72 Å². The summed E-state index contributed by atoms with van der Waals surface area (Å²) < 4.78 is 66.8. The molecule has 0 amide bonds. The third kappa shape index (κ3) is 4.22. The summed E-state index contributed by atoms with van der Waals surface area (Å²) in [6.07, 6.45) is 0. The van der Waals surface area contributed by atoms with Gasteiger partial charge in [-0.2, -0.15) is 4.31 Å². The molecule has 26 heavy (non-hydrogen) atoms. The average Bonchev–Trinajstić information content (AvgIpc) is 2.59. The van der Waals surface area contributed by atoms with Crippen LogP contribution in [0.3, 0.4) is 0 Å². The summed E-state index contributed by atoms with van der Waals surface area (Å²) in [7, 11) is -7.63. The molecule has 0 atom stereocenters. The van der Waals surface area contributed by atoms with E-state index in [4.69, 9.17) is 0 Å². The zero-order valence-corrected chi connectivity index (χ0v) is 16.4. The minimum atomic E-state index is -3.96. The van der Waals surface area contributed by atoms with E-state index < -0.39 is 25.9 Å². The normalized spacial score (nSPS) is 12.3. The van der Waals surface area contributed by atoms with Crippen LogP contribution in [0.2, 0.25) is 0 Å². The second-order valence-corrected chi connectivity index (χ2v) is 9.25. The van der Waals surface area contributed by atoms with Crippen molar-refractivity contribution in [2.24, 2.45) is 0 Å². The van der Waals surface area contributed by atoms with Gasteiger partial charge in [-0.25, -0.2) is 21.2 Å². The summed E-state index contributed by atoms with van der Waals surface area (Å²) in [6, 6.07) is 8.93. The molecule has 142 valence electrons. The number of rotatable bonds is 7. The van der Waals surface area contributed by atoms with Crippen LogP contribution in [0.5, 0.6) is 0 Å². The summed E-state index contributed by atoms with van der Waals surface area (Å²) in [5.74, 6) is -0.522. The highest BCUT2D eigenvalue weighted by Crippen LogP contribution is 2.21. The third-order valence-electron chi connectivity index (χ3n) is 3.90. The van der Waals surface area contributed by atoms with E-state index in [1.54, 1.807) is 20.8 Å². The number of aryl methyl sites for hydroxylation is 1. The van der Waals surface area contributed by atoms with Gasteiger partial charge in [0.2, 0.25) is 10.0 Å². The number of sulfonamides is 2. The van der Waals surface area contributed by atoms with Crippen LogP contribution >= 0.6 is 0 Å². The van der Waals surface area contributed by atoms with Gasteiger partial charge in [0.25, 0.3) is 10.0 Å². The Balaban J connectivity index is 2.30. The fourth-order valence-corrected chi connectivity index (χ4v) is 4.88. The van der Waals surface area contributed by atoms with E-state index in [1.165, 1.54) is 40.7 Å². The van der Waals surface area contributed by atoms with Crippen molar-refractivity contribution < 1.29 is 21.2 Å². The molecule has 0 bridgehead atoms. The van der Waals surface area contributed by atoms with Gasteiger partial charge < -0.3 is 0 Å². The minimum Gasteiger partial charge on any atom is -0.280 e. The molecule has 2 aromatic carbocycles. The van der Waals surface area contributed by atoms with Gasteiger partial charge in [-0.1, -0.05) is 19.9 Å². The maximum absolute atomic E-state index is 13.6. The second-order valence-electron chi connectivity index (χ2n) is 5.63. The predicted molar refractivity (Wildman–Crippen MR) is 98.5 cm³/mol. The summed E-state index contributed by atoms with van der Waals surface area (Å²) in [6.45, 7) is 5.66. The molecular weight excluding hydrogens is 379 g/mol. The highest BCUT2D eigenvalue weighted by Gasteiger charge is 2.22. The molecular formula is C17H21FN2O4S2. The van der Waals surface area contributed by atoms with Crippen molar-refractivity contribution in [3.05, 3.63) is 53.8 Å². The van der Waals surface area contributed by atoms with E-state index >= 15 is 0 Å². The van der Waals surface area contributed by atoms with Crippen LogP contribution in [0.15, 0.2) is 52.3 Å². The van der Waals surface area contributed by atoms with Gasteiger partial charge in [-0.15, -0.1) is 0 Å². The molecule has 0 unspecified atom stereocenters. The van der Waals surface area contributed by atoms with Crippen LogP contribution < -0.4 is 4.72 Å². The summed E-state index contributed by atoms with van der Waals surface area (Å²) in [4.78, 5) is -0.0986. The Labute approximate surface area is 153 Å². The minimum absolute atomic E-state index is 0.0153. The number of hydrogen-bond acceptors (Lipinski definition) is 4. The largest absolute Gasteiger partial charge is 0.280 e. The lowest BCUT2D eigenvalue weighted by atomic mass is 10.2. The van der Waals surface area contributed by atoms with Gasteiger partial charge in [0.1, 0.15) is 5.82 Å². The fourth-order valence-electron chi connectivity index (χ4n) is 2.37. The number of anilines is 1. The Kier molecular flexibility index (Phi) is 6.05. The van der Waals surface area contributed by atoms with E-state index in [2.05, 4.69) is 4.72 Å². The molecule has 0 aliphatic carbocycles. The highest BCUT2D eigenvalue weighted by atomic mass is 32.2. The standard InChI is InChI=1S/C17H21FN2O4S2/c1-4-20(5-2)26(23,24)16-10-8-15(9-11-16)25(21,22)19-14-7-6-13(3)17(18)12-14/h6-12,19H,4-5H2,1-3H3. The first-order valence-electron chi connectivity index (χ1n) is 8.01. The van der Waals surface area contributed by atoms with Crippen molar-refractivity contribution in [1.82, 2.24) is 4.31 Å². The zero-order chi connectivity index (χ0) is 19.5. The monoisotopic (exact) mass is 400 g/mol. The molecule has 2 aromatic rings. The molecule has 0 radical (unpaired) electrons. The molecule has 2 rings (SSSR count). The maximum atomic E-state index is 13.6. The van der Waals surface area contributed by atoms with Gasteiger partial charge in [-0.05, 0) is 48.9 Å². The zero-order valence-electron chi connectivity index (χ0n) is 14.7. The lowest BCUT2D eigenvalue weighted by molar-refractivity contribution is 0.445. The molecule has 6 nitrogen and oxygen atoms in total. The molecule has 0 saturated heterocycles. The van der Waals surface area contributed by atoms with E-state index in [0.29, 0.717) is 18.7 Å². The van der Waals surface area contributed by atoms with Gasteiger partial charge in [0.05, 0.1) is 15.5 Å². The molecule has 0 fully saturated rings. The van der Waals surface area contributed by atoms with Crippen molar-refractivity contribution >= 4 is 25.7 Å². The fraction of sp³-hybridized carbons (Fsp3) is 0.294. The Morgan fingerprint density at radius 1 is 0.923 bits per heavy atom. The molecule has 0 saturated carbocycles. The maximum Gasteiger partial charge on any atom is 0.261 e. The van der Waals surface area contributed by atoms with Crippen molar-refractivity contribution in [3.63, 3.8) is 0 Å². The lowest BCUT2D eigenvalue weighted by Crippen LogP contribution is -2.30. The molecule has 0 heterocycles. The quantitative estimate of drug-likeness (QED) is 0.774. The molecule has 1 N–H and O–H groups in total. The number of nitrogens with one attached hydrogen (secondary N) is 1. The Morgan fingerprint density at radius 3 is 1.96 bits per heavy atom. The van der Waals surface area contributed by atoms with Crippen LogP contribution in [0, 0.1) is 12.7 Å². The number of nitrogens with zero attached hydrogens (tertiary/aromatic N) is 1. The average molecular weight is 400 g/mol. The molecule has 0 spiro atoms. The molecule has 0 aromatic heterocycles. The van der Waals surface area contributed by atoms with Crippen LogP contribution in [0.1, 0.15) is 19.4 Å². The van der Waals surface area contributed by atoms with Crippen molar-refractivity contribution in [2.75, 3.05) is 17.8 Å². The SMILES string of the molecule is CCN(CC)S(=O)(=O)c1ccc(S(=O)(=O)Nc2ccc(C)c(F)c2)cc1. The van der Waals surface area contributed by atoms with Crippen LogP contribution in [0.25, 0.3) is 0 Å². The van der Waals surface area contributed by atoms with Gasteiger partial charge >= 0.3 is 0 Å². The van der Waals surface area contributed by atoms with E-state index in [-0.39, 0.29) is 15.5 Å². The summed E-state index contributed by atoms with van der Waals surface area (Å²) in [5.41, 5.74) is 0.492. The number of halogens is 1. The first kappa shape index (κ1) is 20.3. The smallest absolute Gasteiger partial charge is 0.261 e. The Morgan fingerprint density at radius 2 is 1.46 bits per heavy atom. The summed E-state index contributed by atoms with van der Waals surface area (Å²) in [5, 5.41) is 0. The van der Waals surface area contributed by atoms with Gasteiger partial charge in [0.15, 0.2) is 0 Å². The van der Waals surface area contributed by atoms with Crippen molar-refractivity contribution in [1.29, 1.82) is 0 Å². The third-order valence-corrected chi connectivity index (χ3v) is 7.36. The molecule has 0 aliphatic rings. The molecule has 9 heteroatoms. The van der Waals surface area contributed by atoms with E-state index in [1.807, 2.05) is 0 Å². The predicted octanol–water partition coefficient (Wildman–Crippen LogP) is 2.97. The first-order valence-corrected chi connectivity index (χ1v) is 10.9. The Hall–Kier alpha value is -1.97. The number of benzene rings is 2. The van der Waals surface area contributed by atoms with Crippen LogP contribution in [-0.4, -0.2) is 34.2 Å². The van der Waals surface area contributed by atoms with E-state index in [0.717, 1.165) is 6.07 Å². The topological polar surface area (TPSA) is 83.6 Å². The molecule has 0 aliphatic heterocycles. The lowest BCUT2D eigenvalue weighted by Gasteiger charge is -2.18. The van der Waals surface area contributed by atoms with Crippen molar-refractivity contribution in [2.45, 2.75) is 30.6 Å². The van der Waals surface area contributed by atoms with Crippen LogP contribution in [-0.2, 0) is 20.0 Å². The summed E-state index contributed by atoms with van der Waals surface area (Å²) >= 11 is 0. The highest BCUT2D eigenvalue weighted by molar-refractivity contribution is 7.92. The first-order chi connectivity index (χ1) is 12.1. The Bertz CT molecular complexity index is 984. The van der Waals surface area contributed by atoms with Gasteiger partial charge in [0, 0.05) is 13.1 Å². The number of hydrogen-bond donors (Lipinski definition) is 1. The van der Waals surface area contributed by atoms with Crippen LogP contribution in [0.4, 0.5) is 10.1 Å². The van der Waals surface area contributed by atoms with E-state index in [9.17, 15) is 21.2 Å². The second kappa shape index (κ2) is 7.73.